The monoisotopic (exact) mass is 431 g/mol. The summed E-state index contributed by atoms with van der Waals surface area (Å²) in [6.07, 6.45) is 17.5. The van der Waals surface area contributed by atoms with E-state index in [9.17, 15) is 15.0 Å². The average Bonchev–Trinajstić information content (AvgIpc) is 3.47. The normalized spacial score (nSPS) is 32.6. The molecule has 1 aliphatic heterocycles. The number of fused-ring (bicyclic) bond motifs is 1. The van der Waals surface area contributed by atoms with Gasteiger partial charge >= 0.3 is 0 Å². The third-order valence-corrected chi connectivity index (χ3v) is 8.06. The number of unbranched alkanes of at least 4 members (excludes halogenated alkanes) is 1. The molecule has 0 aromatic heterocycles. The molecule has 1 saturated heterocycles. The van der Waals surface area contributed by atoms with E-state index in [1.807, 2.05) is 11.0 Å². The van der Waals surface area contributed by atoms with Crippen LogP contribution in [0.15, 0.2) is 23.8 Å². The molecule has 4 rings (SSSR count). The molecule has 0 spiro atoms. The Bertz CT molecular complexity index is 648. The molecule has 0 unspecified atom stereocenters. The van der Waals surface area contributed by atoms with Gasteiger partial charge in [-0.05, 0) is 56.3 Å². The van der Waals surface area contributed by atoms with Crippen molar-refractivity contribution in [2.75, 3.05) is 26.3 Å². The molecule has 174 valence electrons. The van der Waals surface area contributed by atoms with Crippen LogP contribution in [0.2, 0.25) is 0 Å². The number of ether oxygens (including phenoxy) is 1. The smallest absolute Gasteiger partial charge is 0.222 e. The van der Waals surface area contributed by atoms with Crippen molar-refractivity contribution in [3.05, 3.63) is 23.8 Å². The van der Waals surface area contributed by atoms with E-state index in [2.05, 4.69) is 12.2 Å². The summed E-state index contributed by atoms with van der Waals surface area (Å²) in [6, 6.07) is 0. The molecule has 31 heavy (non-hydrogen) atoms. The molecular formula is C26H41NO4. The summed E-state index contributed by atoms with van der Waals surface area (Å²) < 4.78 is 5.32. The number of aliphatic hydroxyl groups excluding tert-OH is 2. The van der Waals surface area contributed by atoms with Gasteiger partial charge < -0.3 is 19.8 Å². The lowest BCUT2D eigenvalue weighted by Gasteiger charge is -2.26. The van der Waals surface area contributed by atoms with Crippen molar-refractivity contribution in [2.45, 2.75) is 82.8 Å². The van der Waals surface area contributed by atoms with E-state index < -0.39 is 0 Å². The van der Waals surface area contributed by atoms with Gasteiger partial charge in [0, 0.05) is 25.4 Å². The Morgan fingerprint density at radius 2 is 2.00 bits per heavy atom. The second-order valence-corrected chi connectivity index (χ2v) is 10.3. The molecule has 4 aliphatic rings. The standard InChI is InChI=1S/C26H41NO4/c28-22(16-19-5-1-2-6-19)9-10-23-24-17-20(15-21(24)18-25(23)29)7-3-4-8-26(30)27-11-13-31-14-12-27/h9-10,15,19,21-25,28-29H,1-8,11-14,16-18H2/b10-9+/t21-,22+,23+,24-,25+/m0/s1. The van der Waals surface area contributed by atoms with Crippen LogP contribution < -0.4 is 0 Å². The Balaban J connectivity index is 1.18. The first-order chi connectivity index (χ1) is 15.1. The number of aliphatic hydroxyl groups is 2. The van der Waals surface area contributed by atoms with Crippen LogP contribution in [0.5, 0.6) is 0 Å². The third kappa shape index (κ3) is 6.21. The lowest BCUT2D eigenvalue weighted by molar-refractivity contribution is -0.135. The largest absolute Gasteiger partial charge is 0.392 e. The topological polar surface area (TPSA) is 70.0 Å². The summed E-state index contributed by atoms with van der Waals surface area (Å²) in [4.78, 5) is 14.2. The SMILES string of the molecule is O=C(CCCCC1=C[C@H]2C[C@@H](O)[C@H](/C=C/[C@@H](O)CC3CCCC3)[C@H]2C1)N1CCOCC1. The summed E-state index contributed by atoms with van der Waals surface area (Å²) in [5.74, 6) is 2.07. The van der Waals surface area contributed by atoms with Crippen LogP contribution >= 0.6 is 0 Å². The van der Waals surface area contributed by atoms with Crippen molar-refractivity contribution in [1.82, 2.24) is 4.90 Å². The van der Waals surface area contributed by atoms with Gasteiger partial charge in [-0.2, -0.15) is 0 Å². The van der Waals surface area contributed by atoms with Crippen LogP contribution in [0.4, 0.5) is 0 Å². The Morgan fingerprint density at radius 3 is 2.77 bits per heavy atom. The Hall–Kier alpha value is -1.17. The molecule has 0 bridgehead atoms. The summed E-state index contributed by atoms with van der Waals surface area (Å²) in [5, 5.41) is 21.0. The molecule has 3 aliphatic carbocycles. The maximum atomic E-state index is 12.3. The fourth-order valence-electron chi connectivity index (χ4n) is 6.31. The summed E-state index contributed by atoms with van der Waals surface area (Å²) in [7, 11) is 0. The molecule has 3 fully saturated rings. The van der Waals surface area contributed by atoms with E-state index in [1.165, 1.54) is 31.3 Å². The molecule has 0 radical (unpaired) electrons. The molecule has 5 nitrogen and oxygen atoms in total. The molecule has 0 aromatic rings. The number of rotatable bonds is 9. The number of hydrogen-bond donors (Lipinski definition) is 2. The van der Waals surface area contributed by atoms with E-state index in [1.54, 1.807) is 0 Å². The zero-order valence-corrected chi connectivity index (χ0v) is 19.0. The minimum atomic E-state index is -0.368. The van der Waals surface area contributed by atoms with Gasteiger partial charge in [0.05, 0.1) is 25.4 Å². The first kappa shape index (κ1) is 23.0. The van der Waals surface area contributed by atoms with Crippen molar-refractivity contribution in [2.24, 2.45) is 23.7 Å². The molecular weight excluding hydrogens is 390 g/mol. The van der Waals surface area contributed by atoms with Crippen LogP contribution in [0.25, 0.3) is 0 Å². The zero-order chi connectivity index (χ0) is 21.6. The molecule has 2 saturated carbocycles. The summed E-state index contributed by atoms with van der Waals surface area (Å²) in [6.45, 7) is 2.81. The van der Waals surface area contributed by atoms with Crippen LogP contribution in [0.3, 0.4) is 0 Å². The fraction of sp³-hybridized carbons (Fsp3) is 0.808. The second kappa shape index (κ2) is 11.1. The van der Waals surface area contributed by atoms with E-state index in [0.29, 0.717) is 37.4 Å². The maximum absolute atomic E-state index is 12.3. The minimum absolute atomic E-state index is 0.167. The van der Waals surface area contributed by atoms with Gasteiger partial charge in [-0.3, -0.25) is 4.79 Å². The Kier molecular flexibility index (Phi) is 8.24. The average molecular weight is 432 g/mol. The first-order valence-corrected chi connectivity index (χ1v) is 12.7. The van der Waals surface area contributed by atoms with E-state index in [-0.39, 0.29) is 24.0 Å². The zero-order valence-electron chi connectivity index (χ0n) is 19.0. The number of allylic oxidation sites excluding steroid dienone is 2. The molecule has 2 N–H and O–H groups in total. The van der Waals surface area contributed by atoms with Crippen LogP contribution in [-0.2, 0) is 9.53 Å². The van der Waals surface area contributed by atoms with E-state index >= 15 is 0 Å². The lowest BCUT2D eigenvalue weighted by atomic mass is 9.88. The highest BCUT2D eigenvalue weighted by atomic mass is 16.5. The second-order valence-electron chi connectivity index (χ2n) is 10.3. The number of carbonyl (C=O) groups is 1. The lowest BCUT2D eigenvalue weighted by Crippen LogP contribution is -2.40. The molecule has 1 amide bonds. The van der Waals surface area contributed by atoms with E-state index in [4.69, 9.17) is 4.74 Å². The minimum Gasteiger partial charge on any atom is -0.392 e. The molecule has 5 heteroatoms. The van der Waals surface area contributed by atoms with Gasteiger partial charge in [0.2, 0.25) is 5.91 Å². The molecule has 0 aromatic carbocycles. The highest BCUT2D eigenvalue weighted by Crippen LogP contribution is 2.48. The van der Waals surface area contributed by atoms with Crippen molar-refractivity contribution >= 4 is 5.91 Å². The van der Waals surface area contributed by atoms with Crippen molar-refractivity contribution < 1.29 is 19.7 Å². The number of carbonyl (C=O) groups excluding carboxylic acids is 1. The van der Waals surface area contributed by atoms with Crippen LogP contribution in [-0.4, -0.2) is 59.5 Å². The number of nitrogens with zero attached hydrogens (tertiary/aromatic N) is 1. The Labute approximate surface area is 187 Å². The quantitative estimate of drug-likeness (QED) is 0.430. The van der Waals surface area contributed by atoms with Crippen molar-refractivity contribution in [3.63, 3.8) is 0 Å². The summed E-state index contributed by atoms with van der Waals surface area (Å²) in [5.41, 5.74) is 1.51. The van der Waals surface area contributed by atoms with E-state index in [0.717, 1.165) is 51.6 Å². The highest BCUT2D eigenvalue weighted by Gasteiger charge is 2.43. The van der Waals surface area contributed by atoms with Crippen molar-refractivity contribution in [3.8, 4) is 0 Å². The van der Waals surface area contributed by atoms with Gasteiger partial charge in [0.15, 0.2) is 0 Å². The number of morpholine rings is 1. The summed E-state index contributed by atoms with van der Waals surface area (Å²) >= 11 is 0. The van der Waals surface area contributed by atoms with Gasteiger partial charge in [0.25, 0.3) is 0 Å². The van der Waals surface area contributed by atoms with Gasteiger partial charge in [-0.1, -0.05) is 49.5 Å². The predicted octanol–water partition coefficient (Wildman–Crippen LogP) is 3.85. The number of hydrogen-bond acceptors (Lipinski definition) is 4. The van der Waals surface area contributed by atoms with Crippen LogP contribution in [0.1, 0.15) is 70.6 Å². The first-order valence-electron chi connectivity index (χ1n) is 12.7. The highest BCUT2D eigenvalue weighted by molar-refractivity contribution is 5.76. The van der Waals surface area contributed by atoms with Crippen molar-refractivity contribution in [1.29, 1.82) is 0 Å². The molecule has 1 heterocycles. The fourth-order valence-corrected chi connectivity index (χ4v) is 6.31. The van der Waals surface area contributed by atoms with Gasteiger partial charge in [0.1, 0.15) is 0 Å². The van der Waals surface area contributed by atoms with Gasteiger partial charge in [-0.25, -0.2) is 0 Å². The number of amides is 1. The molecule has 5 atom stereocenters. The third-order valence-electron chi connectivity index (χ3n) is 8.06. The predicted molar refractivity (Wildman–Crippen MR) is 121 cm³/mol. The Morgan fingerprint density at radius 1 is 1.23 bits per heavy atom. The van der Waals surface area contributed by atoms with Gasteiger partial charge in [-0.15, -0.1) is 0 Å². The van der Waals surface area contributed by atoms with Crippen LogP contribution in [0, 0.1) is 23.7 Å². The maximum Gasteiger partial charge on any atom is 0.222 e.